The van der Waals surface area contributed by atoms with E-state index in [1.807, 2.05) is 31.2 Å². The summed E-state index contributed by atoms with van der Waals surface area (Å²) in [6, 6.07) is 7.00. The summed E-state index contributed by atoms with van der Waals surface area (Å²) in [5.41, 5.74) is 0. The number of aromatic nitrogens is 2. The lowest BCUT2D eigenvalue weighted by Crippen LogP contribution is -2.29. The molecule has 1 aromatic carbocycles. The fraction of sp³-hybridized carbons (Fsp3) is 0.308. The van der Waals surface area contributed by atoms with Crippen molar-refractivity contribution in [2.24, 2.45) is 0 Å². The molecule has 2 rings (SSSR count). The Morgan fingerprint density at radius 3 is 2.94 bits per heavy atom. The average molecular weight is 245 g/mol. The quantitative estimate of drug-likeness (QED) is 0.845. The summed E-state index contributed by atoms with van der Waals surface area (Å²) >= 11 is 0. The molecule has 1 unspecified atom stereocenters. The molecule has 18 heavy (non-hydrogen) atoms. The lowest BCUT2D eigenvalue weighted by molar-refractivity contribution is -0.138. The molecule has 0 saturated carbocycles. The number of carboxylic acid groups (broad SMARTS) is 1. The van der Waals surface area contributed by atoms with E-state index in [4.69, 9.17) is 5.11 Å². The van der Waals surface area contributed by atoms with Gasteiger partial charge >= 0.3 is 5.97 Å². The van der Waals surface area contributed by atoms with Crippen LogP contribution in [0.25, 0.3) is 10.8 Å². The van der Waals surface area contributed by atoms with Crippen LogP contribution in [-0.4, -0.2) is 27.3 Å². The van der Waals surface area contributed by atoms with E-state index in [-0.39, 0.29) is 0 Å². The Balaban J connectivity index is 2.33. The Hall–Kier alpha value is -2.17. The highest BCUT2D eigenvalue weighted by molar-refractivity contribution is 5.92. The first-order valence-corrected chi connectivity index (χ1v) is 5.92. The van der Waals surface area contributed by atoms with Gasteiger partial charge in [-0.05, 0) is 6.42 Å². The number of carboxylic acids is 1. The number of nitrogens with zero attached hydrogens (tertiary/aromatic N) is 2. The Morgan fingerprint density at radius 2 is 2.22 bits per heavy atom. The minimum atomic E-state index is -0.869. The second kappa shape index (κ2) is 5.44. The smallest absolute Gasteiger partial charge is 0.326 e. The summed E-state index contributed by atoms with van der Waals surface area (Å²) in [5.74, 6) is -0.347. The van der Waals surface area contributed by atoms with Crippen molar-refractivity contribution in [3.8, 4) is 0 Å². The van der Waals surface area contributed by atoms with Crippen molar-refractivity contribution >= 4 is 22.6 Å². The molecule has 94 valence electrons. The predicted molar refractivity (Wildman–Crippen MR) is 69.5 cm³/mol. The maximum absolute atomic E-state index is 11.1. The van der Waals surface area contributed by atoms with Crippen LogP contribution in [0.15, 0.2) is 30.5 Å². The SMILES string of the molecule is CCCC(Nc1nncc2ccccc12)C(=O)O. The zero-order valence-electron chi connectivity index (χ0n) is 10.1. The molecule has 0 saturated heterocycles. The number of rotatable bonds is 5. The highest BCUT2D eigenvalue weighted by Crippen LogP contribution is 2.20. The number of hydrogen-bond acceptors (Lipinski definition) is 4. The minimum absolute atomic E-state index is 0.522. The van der Waals surface area contributed by atoms with E-state index < -0.39 is 12.0 Å². The fourth-order valence-corrected chi connectivity index (χ4v) is 1.85. The second-order valence-electron chi connectivity index (χ2n) is 4.10. The predicted octanol–water partition coefficient (Wildman–Crippen LogP) is 2.29. The Morgan fingerprint density at radius 1 is 1.44 bits per heavy atom. The Bertz CT molecular complexity index is 551. The van der Waals surface area contributed by atoms with Crippen molar-refractivity contribution in [2.45, 2.75) is 25.8 Å². The number of benzene rings is 1. The molecule has 0 fully saturated rings. The lowest BCUT2D eigenvalue weighted by Gasteiger charge is -2.14. The first-order valence-electron chi connectivity index (χ1n) is 5.92. The van der Waals surface area contributed by atoms with Gasteiger partial charge in [0.2, 0.25) is 0 Å². The number of aliphatic carboxylic acids is 1. The highest BCUT2D eigenvalue weighted by atomic mass is 16.4. The normalized spacial score (nSPS) is 12.3. The molecule has 5 heteroatoms. The van der Waals surface area contributed by atoms with Gasteiger partial charge in [-0.15, -0.1) is 5.10 Å². The van der Waals surface area contributed by atoms with Crippen LogP contribution in [0, 0.1) is 0 Å². The molecular weight excluding hydrogens is 230 g/mol. The molecule has 2 aromatic rings. The van der Waals surface area contributed by atoms with Crippen molar-refractivity contribution < 1.29 is 9.90 Å². The van der Waals surface area contributed by atoms with E-state index >= 15 is 0 Å². The largest absolute Gasteiger partial charge is 0.480 e. The molecule has 0 spiro atoms. The molecule has 1 aromatic heterocycles. The van der Waals surface area contributed by atoms with Gasteiger partial charge in [0.05, 0.1) is 6.20 Å². The number of carbonyl (C=O) groups is 1. The van der Waals surface area contributed by atoms with Crippen LogP contribution in [0.3, 0.4) is 0 Å². The highest BCUT2D eigenvalue weighted by Gasteiger charge is 2.17. The number of anilines is 1. The minimum Gasteiger partial charge on any atom is -0.480 e. The number of fused-ring (bicyclic) bond motifs is 1. The van der Waals surface area contributed by atoms with E-state index in [1.54, 1.807) is 6.20 Å². The topological polar surface area (TPSA) is 75.1 Å². The maximum atomic E-state index is 11.1. The molecular formula is C13H15N3O2. The van der Waals surface area contributed by atoms with Crippen LogP contribution >= 0.6 is 0 Å². The van der Waals surface area contributed by atoms with E-state index in [2.05, 4.69) is 15.5 Å². The first kappa shape index (κ1) is 12.3. The molecule has 0 aliphatic rings. The third-order valence-electron chi connectivity index (χ3n) is 2.76. The van der Waals surface area contributed by atoms with Gasteiger partial charge in [-0.1, -0.05) is 37.6 Å². The summed E-state index contributed by atoms with van der Waals surface area (Å²) in [4.78, 5) is 11.1. The third-order valence-corrected chi connectivity index (χ3v) is 2.76. The zero-order valence-corrected chi connectivity index (χ0v) is 10.1. The van der Waals surface area contributed by atoms with Gasteiger partial charge in [0.1, 0.15) is 6.04 Å². The standard InChI is InChI=1S/C13H15N3O2/c1-2-5-11(13(17)18)15-12-10-7-4-3-6-9(10)8-14-16-12/h3-4,6-8,11H,2,5H2,1H3,(H,15,16)(H,17,18). The molecule has 5 nitrogen and oxygen atoms in total. The van der Waals surface area contributed by atoms with Crippen molar-refractivity contribution in [3.63, 3.8) is 0 Å². The van der Waals surface area contributed by atoms with Crippen molar-refractivity contribution in [3.05, 3.63) is 30.5 Å². The summed E-state index contributed by atoms with van der Waals surface area (Å²) in [5, 5.41) is 21.8. The van der Waals surface area contributed by atoms with E-state index in [0.29, 0.717) is 12.2 Å². The molecule has 0 aliphatic heterocycles. The molecule has 1 heterocycles. The summed E-state index contributed by atoms with van der Waals surface area (Å²) in [7, 11) is 0. The zero-order chi connectivity index (χ0) is 13.0. The average Bonchev–Trinajstić information content (AvgIpc) is 2.38. The lowest BCUT2D eigenvalue weighted by atomic mass is 10.1. The van der Waals surface area contributed by atoms with Crippen LogP contribution in [0.2, 0.25) is 0 Å². The molecule has 0 aliphatic carbocycles. The number of nitrogens with one attached hydrogen (secondary N) is 1. The molecule has 0 amide bonds. The van der Waals surface area contributed by atoms with Gasteiger partial charge in [0, 0.05) is 10.8 Å². The van der Waals surface area contributed by atoms with Crippen molar-refractivity contribution in [1.82, 2.24) is 10.2 Å². The molecule has 2 N–H and O–H groups in total. The van der Waals surface area contributed by atoms with Crippen LogP contribution in [-0.2, 0) is 4.79 Å². The van der Waals surface area contributed by atoms with Crippen LogP contribution in [0.5, 0.6) is 0 Å². The van der Waals surface area contributed by atoms with Crippen molar-refractivity contribution in [2.75, 3.05) is 5.32 Å². The third kappa shape index (κ3) is 2.56. The van der Waals surface area contributed by atoms with E-state index in [1.165, 1.54) is 0 Å². The summed E-state index contributed by atoms with van der Waals surface area (Å²) in [6.07, 6.45) is 3.01. The Labute approximate surface area is 105 Å². The summed E-state index contributed by atoms with van der Waals surface area (Å²) in [6.45, 7) is 1.95. The summed E-state index contributed by atoms with van der Waals surface area (Å²) < 4.78 is 0. The van der Waals surface area contributed by atoms with E-state index in [9.17, 15) is 4.79 Å². The van der Waals surface area contributed by atoms with Crippen LogP contribution < -0.4 is 5.32 Å². The van der Waals surface area contributed by atoms with E-state index in [0.717, 1.165) is 17.2 Å². The van der Waals surface area contributed by atoms with Crippen LogP contribution in [0.4, 0.5) is 5.82 Å². The Kier molecular flexibility index (Phi) is 3.72. The fourth-order valence-electron chi connectivity index (χ4n) is 1.85. The van der Waals surface area contributed by atoms with Gasteiger partial charge in [0.15, 0.2) is 5.82 Å². The van der Waals surface area contributed by atoms with Crippen molar-refractivity contribution in [1.29, 1.82) is 0 Å². The van der Waals surface area contributed by atoms with Gasteiger partial charge < -0.3 is 10.4 Å². The van der Waals surface area contributed by atoms with Gasteiger partial charge in [-0.25, -0.2) is 4.79 Å². The molecule has 0 bridgehead atoms. The molecule has 0 radical (unpaired) electrons. The number of hydrogen-bond donors (Lipinski definition) is 2. The van der Waals surface area contributed by atoms with Crippen LogP contribution in [0.1, 0.15) is 19.8 Å². The van der Waals surface area contributed by atoms with Gasteiger partial charge in [-0.3, -0.25) is 0 Å². The second-order valence-corrected chi connectivity index (χ2v) is 4.10. The monoisotopic (exact) mass is 245 g/mol. The first-order chi connectivity index (χ1) is 8.72. The maximum Gasteiger partial charge on any atom is 0.326 e. The molecule has 1 atom stereocenters. The van der Waals surface area contributed by atoms with Gasteiger partial charge in [0.25, 0.3) is 0 Å². The van der Waals surface area contributed by atoms with Gasteiger partial charge in [-0.2, -0.15) is 5.10 Å².